The molecule has 0 aliphatic rings. The molecule has 6 nitrogen and oxygen atoms in total. The van der Waals surface area contributed by atoms with Crippen molar-refractivity contribution in [2.75, 3.05) is 0 Å². The van der Waals surface area contributed by atoms with E-state index in [9.17, 15) is 4.79 Å². The molecule has 31 heavy (non-hydrogen) atoms. The van der Waals surface area contributed by atoms with Gasteiger partial charge in [0.2, 0.25) is 0 Å². The Labute approximate surface area is 187 Å². The molecule has 0 atom stereocenters. The molecule has 0 fully saturated rings. The van der Waals surface area contributed by atoms with E-state index in [0.29, 0.717) is 32.6 Å². The molecule has 0 N–H and O–H groups in total. The van der Waals surface area contributed by atoms with E-state index in [0.717, 1.165) is 16.4 Å². The number of hydrogen-bond acceptors (Lipinski definition) is 4. The maximum Gasteiger partial charge on any atom is 0.184 e. The highest BCUT2D eigenvalue weighted by Gasteiger charge is 2.17. The van der Waals surface area contributed by atoms with Gasteiger partial charge in [-0.1, -0.05) is 23.2 Å². The van der Waals surface area contributed by atoms with Crippen molar-refractivity contribution in [3.05, 3.63) is 83.0 Å². The number of ether oxygens (including phenoxy) is 1. The molecule has 5 rings (SSSR count). The Morgan fingerprint density at radius 2 is 1.90 bits per heavy atom. The molecule has 0 saturated carbocycles. The lowest BCUT2D eigenvalue weighted by molar-refractivity contribution is 0.0975. The Hall–Kier alpha value is -3.35. The van der Waals surface area contributed by atoms with Crippen LogP contribution < -0.4 is 4.74 Å². The van der Waals surface area contributed by atoms with Gasteiger partial charge in [-0.15, -0.1) is 0 Å². The third-order valence-corrected chi connectivity index (χ3v) is 5.83. The van der Waals surface area contributed by atoms with Crippen molar-refractivity contribution < 1.29 is 9.53 Å². The number of aryl methyl sites for hydroxylation is 1. The van der Waals surface area contributed by atoms with Gasteiger partial charge >= 0.3 is 0 Å². The highest BCUT2D eigenvalue weighted by molar-refractivity contribution is 6.42. The number of aromatic nitrogens is 4. The zero-order chi connectivity index (χ0) is 21.5. The van der Waals surface area contributed by atoms with Crippen LogP contribution in [0.15, 0.2) is 67.4 Å². The SMILES string of the molecule is Cn1cc(C(=O)Cn2cnc3cc(Cl)c(Cl)cc32)c2ccc(Oc3cccnc3)cc21. The van der Waals surface area contributed by atoms with E-state index in [4.69, 9.17) is 27.9 Å². The molecule has 0 aliphatic carbocycles. The normalized spacial score (nSPS) is 11.3. The monoisotopic (exact) mass is 450 g/mol. The van der Waals surface area contributed by atoms with Crippen LogP contribution in [0.5, 0.6) is 11.5 Å². The van der Waals surface area contributed by atoms with Gasteiger partial charge in [0.25, 0.3) is 0 Å². The average Bonchev–Trinajstić information content (AvgIpc) is 3.30. The molecule has 2 aromatic carbocycles. The van der Waals surface area contributed by atoms with E-state index >= 15 is 0 Å². The fourth-order valence-electron chi connectivity index (χ4n) is 3.61. The molecular formula is C23H16Cl2N4O2. The van der Waals surface area contributed by atoms with Gasteiger partial charge in [0.05, 0.1) is 45.7 Å². The first-order valence-electron chi connectivity index (χ1n) is 9.49. The van der Waals surface area contributed by atoms with Crippen LogP contribution in [0.3, 0.4) is 0 Å². The van der Waals surface area contributed by atoms with Gasteiger partial charge < -0.3 is 13.9 Å². The first kappa shape index (κ1) is 19.6. The van der Waals surface area contributed by atoms with E-state index in [1.165, 1.54) is 0 Å². The van der Waals surface area contributed by atoms with Crippen molar-refractivity contribution >= 4 is 50.9 Å². The van der Waals surface area contributed by atoms with Crippen LogP contribution in [-0.2, 0) is 13.6 Å². The van der Waals surface area contributed by atoms with Gasteiger partial charge in [0.1, 0.15) is 11.5 Å². The van der Waals surface area contributed by atoms with Crippen LogP contribution in [0.4, 0.5) is 0 Å². The number of fused-ring (bicyclic) bond motifs is 2. The summed E-state index contributed by atoms with van der Waals surface area (Å²) >= 11 is 12.2. The molecule has 0 spiro atoms. The second kappa shape index (κ2) is 7.72. The summed E-state index contributed by atoms with van der Waals surface area (Å²) in [7, 11) is 1.90. The standard InChI is InChI=1S/C23H16Cl2N4O2/c1-28-11-17(16-5-4-14(7-21(16)28)31-15-3-2-6-26-10-15)23(30)12-29-13-27-20-8-18(24)19(25)9-22(20)29/h2-11,13H,12H2,1H3. The minimum Gasteiger partial charge on any atom is -0.456 e. The van der Waals surface area contributed by atoms with Crippen LogP contribution in [-0.4, -0.2) is 24.9 Å². The second-order valence-electron chi connectivity index (χ2n) is 7.17. The molecule has 154 valence electrons. The predicted octanol–water partition coefficient (Wildman–Crippen LogP) is 5.91. The number of benzene rings is 2. The van der Waals surface area contributed by atoms with Crippen LogP contribution in [0.2, 0.25) is 10.0 Å². The fourth-order valence-corrected chi connectivity index (χ4v) is 3.93. The molecule has 3 aromatic heterocycles. The Bertz CT molecular complexity index is 1440. The number of halogens is 2. The minimum absolute atomic E-state index is 0.0306. The summed E-state index contributed by atoms with van der Waals surface area (Å²) in [6.45, 7) is 0.140. The largest absolute Gasteiger partial charge is 0.456 e. The average molecular weight is 451 g/mol. The lowest BCUT2D eigenvalue weighted by Crippen LogP contribution is -2.09. The van der Waals surface area contributed by atoms with Gasteiger partial charge in [-0.25, -0.2) is 4.98 Å². The number of carbonyl (C=O) groups is 1. The quantitative estimate of drug-likeness (QED) is 0.312. The van der Waals surface area contributed by atoms with Gasteiger partial charge in [-0.3, -0.25) is 9.78 Å². The fraction of sp³-hybridized carbons (Fsp3) is 0.0870. The maximum atomic E-state index is 13.2. The first-order valence-corrected chi connectivity index (χ1v) is 10.3. The second-order valence-corrected chi connectivity index (χ2v) is 7.99. The van der Waals surface area contributed by atoms with E-state index in [-0.39, 0.29) is 12.3 Å². The van der Waals surface area contributed by atoms with Gasteiger partial charge in [-0.05, 0) is 36.4 Å². The third kappa shape index (κ3) is 3.65. The molecule has 0 saturated heterocycles. The lowest BCUT2D eigenvalue weighted by Gasteiger charge is -2.06. The smallest absolute Gasteiger partial charge is 0.184 e. The Balaban J connectivity index is 1.46. The highest BCUT2D eigenvalue weighted by Crippen LogP contribution is 2.30. The molecule has 3 heterocycles. The Kier molecular flexibility index (Phi) is 4.88. The first-order chi connectivity index (χ1) is 15.0. The highest BCUT2D eigenvalue weighted by atomic mass is 35.5. The number of pyridine rings is 1. The third-order valence-electron chi connectivity index (χ3n) is 5.11. The summed E-state index contributed by atoms with van der Waals surface area (Å²) in [5.41, 5.74) is 2.98. The topological polar surface area (TPSA) is 61.9 Å². The predicted molar refractivity (Wildman–Crippen MR) is 121 cm³/mol. The zero-order valence-corrected chi connectivity index (χ0v) is 17.9. The van der Waals surface area contributed by atoms with E-state index < -0.39 is 0 Å². The summed E-state index contributed by atoms with van der Waals surface area (Å²) in [6, 6.07) is 12.7. The van der Waals surface area contributed by atoms with Crippen molar-refractivity contribution in [1.29, 1.82) is 0 Å². The Morgan fingerprint density at radius 1 is 1.06 bits per heavy atom. The van der Waals surface area contributed by atoms with Crippen molar-refractivity contribution in [3.63, 3.8) is 0 Å². The number of nitrogens with zero attached hydrogens (tertiary/aromatic N) is 4. The van der Waals surface area contributed by atoms with Crippen molar-refractivity contribution in [1.82, 2.24) is 19.1 Å². The maximum absolute atomic E-state index is 13.2. The molecule has 5 aromatic rings. The Morgan fingerprint density at radius 3 is 2.71 bits per heavy atom. The van der Waals surface area contributed by atoms with Crippen molar-refractivity contribution in [3.8, 4) is 11.5 Å². The van der Waals surface area contributed by atoms with Crippen LogP contribution in [0.25, 0.3) is 21.9 Å². The van der Waals surface area contributed by atoms with Crippen LogP contribution in [0.1, 0.15) is 10.4 Å². The van der Waals surface area contributed by atoms with Crippen molar-refractivity contribution in [2.24, 2.45) is 7.05 Å². The molecule has 8 heteroatoms. The zero-order valence-electron chi connectivity index (χ0n) is 16.4. The summed E-state index contributed by atoms with van der Waals surface area (Å²) < 4.78 is 9.56. The summed E-state index contributed by atoms with van der Waals surface area (Å²) in [5, 5.41) is 1.72. The number of hydrogen-bond donors (Lipinski definition) is 0. The summed E-state index contributed by atoms with van der Waals surface area (Å²) in [4.78, 5) is 21.5. The number of imidazole rings is 1. The van der Waals surface area contributed by atoms with Crippen LogP contribution >= 0.6 is 23.2 Å². The van der Waals surface area contributed by atoms with E-state index in [2.05, 4.69) is 9.97 Å². The molecule has 0 aliphatic heterocycles. The molecule has 0 unspecified atom stereocenters. The number of ketones is 1. The molecule has 0 radical (unpaired) electrons. The van der Waals surface area contributed by atoms with Gasteiger partial charge in [0.15, 0.2) is 5.78 Å². The van der Waals surface area contributed by atoms with Gasteiger partial charge in [0, 0.05) is 36.5 Å². The molecule has 0 amide bonds. The van der Waals surface area contributed by atoms with Crippen molar-refractivity contribution in [2.45, 2.75) is 6.54 Å². The summed E-state index contributed by atoms with van der Waals surface area (Å²) in [5.74, 6) is 1.29. The molecule has 0 bridgehead atoms. The number of Topliss-reactive ketones (excluding diaryl/α,β-unsaturated/α-hetero) is 1. The van der Waals surface area contributed by atoms with E-state index in [1.54, 1.807) is 35.4 Å². The summed E-state index contributed by atoms with van der Waals surface area (Å²) in [6.07, 6.45) is 6.81. The van der Waals surface area contributed by atoms with E-state index in [1.807, 2.05) is 48.1 Å². The molecular weight excluding hydrogens is 435 g/mol. The van der Waals surface area contributed by atoms with Crippen LogP contribution in [0, 0.1) is 0 Å². The number of carbonyl (C=O) groups excluding carboxylic acids is 1. The number of rotatable bonds is 5. The minimum atomic E-state index is -0.0306. The van der Waals surface area contributed by atoms with Gasteiger partial charge in [-0.2, -0.15) is 0 Å². The lowest BCUT2D eigenvalue weighted by atomic mass is 10.1.